The second-order valence-electron chi connectivity index (χ2n) is 6.18. The number of benzene rings is 1. The number of carbonyl (C=O) groups excluding carboxylic acids is 2. The zero-order valence-electron chi connectivity index (χ0n) is 13.5. The molecule has 1 aliphatic heterocycles. The van der Waals surface area contributed by atoms with Crippen molar-refractivity contribution in [2.45, 2.75) is 12.5 Å². The zero-order valence-corrected chi connectivity index (χ0v) is 13.5. The van der Waals surface area contributed by atoms with E-state index >= 15 is 0 Å². The van der Waals surface area contributed by atoms with Gasteiger partial charge in [0.15, 0.2) is 0 Å². The largest absolute Gasteiger partial charge is 0.366 e. The molecule has 7 heteroatoms. The zero-order chi connectivity index (χ0) is 17.4. The second-order valence-corrected chi connectivity index (χ2v) is 6.18. The van der Waals surface area contributed by atoms with Crippen molar-refractivity contribution in [2.24, 2.45) is 5.73 Å². The number of amides is 2. The molecular weight excluding hydrogens is 318 g/mol. The van der Waals surface area contributed by atoms with E-state index in [-0.39, 0.29) is 11.9 Å². The van der Waals surface area contributed by atoms with Crippen LogP contribution in [0.15, 0.2) is 48.9 Å². The van der Waals surface area contributed by atoms with Crippen LogP contribution in [0.4, 0.5) is 0 Å². The van der Waals surface area contributed by atoms with Crippen LogP contribution in [-0.2, 0) is 0 Å². The van der Waals surface area contributed by atoms with Gasteiger partial charge in [-0.05, 0) is 30.7 Å². The molecule has 25 heavy (non-hydrogen) atoms. The number of nitrogens with zero attached hydrogens (tertiary/aromatic N) is 4. The average molecular weight is 335 g/mol. The van der Waals surface area contributed by atoms with Gasteiger partial charge in [0.1, 0.15) is 0 Å². The van der Waals surface area contributed by atoms with Crippen LogP contribution >= 0.6 is 0 Å². The number of nitrogens with two attached hydrogens (primary N) is 1. The van der Waals surface area contributed by atoms with Gasteiger partial charge in [-0.1, -0.05) is 6.07 Å². The van der Waals surface area contributed by atoms with Crippen LogP contribution in [0.2, 0.25) is 0 Å². The summed E-state index contributed by atoms with van der Waals surface area (Å²) >= 11 is 0. The number of primary amides is 1. The molecule has 0 spiro atoms. The predicted octanol–water partition coefficient (Wildman–Crippen LogP) is 1.62. The smallest absolute Gasteiger partial charge is 0.253 e. The molecule has 7 nitrogen and oxygen atoms in total. The third-order valence-corrected chi connectivity index (χ3v) is 4.56. The van der Waals surface area contributed by atoms with E-state index in [4.69, 9.17) is 5.73 Å². The van der Waals surface area contributed by atoms with E-state index in [1.807, 2.05) is 35.2 Å². The highest BCUT2D eigenvalue weighted by Gasteiger charge is 2.28. The number of hydrogen-bond acceptors (Lipinski definition) is 4. The molecule has 3 heterocycles. The average Bonchev–Trinajstić information content (AvgIpc) is 3.30. The standard InChI is InChI=1S/C18H17N5O2/c19-17(24)14-9-21-23(10-14)15-5-7-22(11-15)18(25)13-3-4-16-12(8-13)2-1-6-20-16/h1-4,6,8-10,15H,5,7,11H2,(H2,19,24). The molecule has 1 fully saturated rings. The fourth-order valence-electron chi connectivity index (χ4n) is 3.20. The van der Waals surface area contributed by atoms with Gasteiger partial charge in [0.05, 0.1) is 23.3 Å². The highest BCUT2D eigenvalue weighted by molar-refractivity contribution is 5.98. The van der Waals surface area contributed by atoms with E-state index < -0.39 is 5.91 Å². The molecule has 0 radical (unpaired) electrons. The fourth-order valence-corrected chi connectivity index (χ4v) is 3.20. The lowest BCUT2D eigenvalue weighted by atomic mass is 10.1. The van der Waals surface area contributed by atoms with E-state index in [0.29, 0.717) is 24.2 Å². The SMILES string of the molecule is NC(=O)c1cnn(C2CCN(C(=O)c3ccc4ncccc4c3)C2)c1. The van der Waals surface area contributed by atoms with E-state index in [2.05, 4.69) is 10.1 Å². The van der Waals surface area contributed by atoms with Crippen molar-refractivity contribution < 1.29 is 9.59 Å². The first-order chi connectivity index (χ1) is 12.1. The molecule has 4 rings (SSSR count). The van der Waals surface area contributed by atoms with Crippen molar-refractivity contribution in [2.75, 3.05) is 13.1 Å². The Balaban J connectivity index is 1.51. The number of hydrogen-bond donors (Lipinski definition) is 1. The number of carbonyl (C=O) groups is 2. The topological polar surface area (TPSA) is 94.1 Å². The van der Waals surface area contributed by atoms with Crippen LogP contribution < -0.4 is 5.73 Å². The fraction of sp³-hybridized carbons (Fsp3) is 0.222. The Labute approximate surface area is 144 Å². The number of rotatable bonds is 3. The monoisotopic (exact) mass is 335 g/mol. The predicted molar refractivity (Wildman–Crippen MR) is 92.0 cm³/mol. The molecule has 0 aliphatic carbocycles. The van der Waals surface area contributed by atoms with Gasteiger partial charge in [-0.3, -0.25) is 19.3 Å². The summed E-state index contributed by atoms with van der Waals surface area (Å²) in [5.41, 5.74) is 7.16. The Morgan fingerprint density at radius 1 is 1.20 bits per heavy atom. The molecule has 3 aromatic rings. The molecule has 0 bridgehead atoms. The first kappa shape index (κ1) is 15.3. The Morgan fingerprint density at radius 3 is 2.88 bits per heavy atom. The maximum atomic E-state index is 12.8. The normalized spacial score (nSPS) is 17.1. The summed E-state index contributed by atoms with van der Waals surface area (Å²) in [5.74, 6) is -0.502. The van der Waals surface area contributed by atoms with Crippen LogP contribution in [0.5, 0.6) is 0 Å². The van der Waals surface area contributed by atoms with Gasteiger partial charge in [0.25, 0.3) is 11.8 Å². The van der Waals surface area contributed by atoms with Gasteiger partial charge in [-0.15, -0.1) is 0 Å². The molecule has 1 atom stereocenters. The van der Waals surface area contributed by atoms with Gasteiger partial charge in [-0.2, -0.15) is 5.10 Å². The van der Waals surface area contributed by atoms with Crippen LogP contribution in [0.3, 0.4) is 0 Å². The van der Waals surface area contributed by atoms with Crippen molar-refractivity contribution in [3.63, 3.8) is 0 Å². The van der Waals surface area contributed by atoms with Crippen LogP contribution in [0.25, 0.3) is 10.9 Å². The molecule has 126 valence electrons. The second kappa shape index (κ2) is 6.01. The lowest BCUT2D eigenvalue weighted by molar-refractivity contribution is 0.0787. The van der Waals surface area contributed by atoms with Crippen LogP contribution in [-0.4, -0.2) is 44.6 Å². The van der Waals surface area contributed by atoms with Gasteiger partial charge in [-0.25, -0.2) is 0 Å². The van der Waals surface area contributed by atoms with Gasteiger partial charge < -0.3 is 10.6 Å². The molecule has 1 unspecified atom stereocenters. The minimum Gasteiger partial charge on any atom is -0.366 e. The van der Waals surface area contributed by atoms with E-state index in [1.54, 1.807) is 17.1 Å². The van der Waals surface area contributed by atoms with Gasteiger partial charge in [0, 0.05) is 36.4 Å². The van der Waals surface area contributed by atoms with Crippen molar-refractivity contribution in [1.82, 2.24) is 19.7 Å². The number of pyridine rings is 1. The molecule has 2 amide bonds. The summed E-state index contributed by atoms with van der Waals surface area (Å²) in [5, 5.41) is 5.14. The maximum Gasteiger partial charge on any atom is 0.253 e. The van der Waals surface area contributed by atoms with Crippen molar-refractivity contribution in [3.05, 3.63) is 60.0 Å². The summed E-state index contributed by atoms with van der Waals surface area (Å²) in [6.07, 6.45) is 5.63. The van der Waals surface area contributed by atoms with Crippen LogP contribution in [0, 0.1) is 0 Å². The Bertz CT molecular complexity index is 965. The highest BCUT2D eigenvalue weighted by Crippen LogP contribution is 2.24. The quantitative estimate of drug-likeness (QED) is 0.787. The molecule has 2 aromatic heterocycles. The first-order valence-corrected chi connectivity index (χ1v) is 8.10. The van der Waals surface area contributed by atoms with E-state index in [1.165, 1.54) is 6.20 Å². The first-order valence-electron chi connectivity index (χ1n) is 8.10. The number of aromatic nitrogens is 3. The molecule has 1 saturated heterocycles. The molecular formula is C18H17N5O2. The summed E-state index contributed by atoms with van der Waals surface area (Å²) in [6, 6.07) is 9.40. The molecule has 1 aliphatic rings. The van der Waals surface area contributed by atoms with Crippen molar-refractivity contribution >= 4 is 22.7 Å². The summed E-state index contributed by atoms with van der Waals surface area (Å²) in [4.78, 5) is 30.1. The lowest BCUT2D eigenvalue weighted by Crippen LogP contribution is -2.29. The molecule has 0 saturated carbocycles. The summed E-state index contributed by atoms with van der Waals surface area (Å²) in [7, 11) is 0. The Kier molecular flexibility index (Phi) is 3.68. The number of fused-ring (bicyclic) bond motifs is 1. The summed E-state index contributed by atoms with van der Waals surface area (Å²) in [6.45, 7) is 1.21. The minimum atomic E-state index is -0.498. The molecule has 2 N–H and O–H groups in total. The third kappa shape index (κ3) is 2.84. The Morgan fingerprint density at radius 2 is 2.08 bits per heavy atom. The van der Waals surface area contributed by atoms with E-state index in [9.17, 15) is 9.59 Å². The number of likely N-dealkylation sites (tertiary alicyclic amines) is 1. The van der Waals surface area contributed by atoms with Gasteiger partial charge in [0.2, 0.25) is 0 Å². The van der Waals surface area contributed by atoms with Gasteiger partial charge >= 0.3 is 0 Å². The van der Waals surface area contributed by atoms with Crippen molar-refractivity contribution in [1.29, 1.82) is 0 Å². The highest BCUT2D eigenvalue weighted by atomic mass is 16.2. The third-order valence-electron chi connectivity index (χ3n) is 4.56. The Hall–Kier alpha value is -3.22. The maximum absolute atomic E-state index is 12.8. The molecule has 1 aromatic carbocycles. The minimum absolute atomic E-state index is 0.00414. The van der Waals surface area contributed by atoms with Crippen molar-refractivity contribution in [3.8, 4) is 0 Å². The van der Waals surface area contributed by atoms with Crippen LogP contribution in [0.1, 0.15) is 33.2 Å². The lowest BCUT2D eigenvalue weighted by Gasteiger charge is -2.17. The summed E-state index contributed by atoms with van der Waals surface area (Å²) < 4.78 is 1.72. The van der Waals surface area contributed by atoms with E-state index in [0.717, 1.165) is 17.3 Å².